The minimum absolute atomic E-state index is 0.161. The second-order valence-corrected chi connectivity index (χ2v) is 22.5. The Morgan fingerprint density at radius 3 is 0.649 bits per heavy atom. The smallest absolute Gasteiger partial charge is 0.307 e. The standard InChI is InChI=1S/C65H128N4O8/c1-7-12-15-18-21-24-27-30-33-36-39-42-59-75-63(71)46-50-68(49-45-62(70)74-6)57-55-66(10-4)53-54-67(11-5)56-58-69(51-47-64(72)76-60-43-40-37-34-31-28-25-22-19-16-13-8-2)52-48-65(73)77-61-44-41-38-35-32-29-26-23-20-17-14-9-3/h7-61H2,1-6H3. The average molecular weight is 1090 g/mol. The van der Waals surface area contributed by atoms with E-state index in [9.17, 15) is 19.2 Å². The zero-order valence-corrected chi connectivity index (χ0v) is 51.9. The Morgan fingerprint density at radius 2 is 0.442 bits per heavy atom. The minimum atomic E-state index is -0.247. The lowest BCUT2D eigenvalue weighted by Gasteiger charge is -2.30. The lowest BCUT2D eigenvalue weighted by atomic mass is 10.1. The number of nitrogens with zero attached hydrogens (tertiary/aromatic N) is 4. The third kappa shape index (κ3) is 54.1. The number of rotatable bonds is 62. The molecule has 0 unspecified atom stereocenters. The number of unbranched alkanes of at least 4 members (excludes halogenated alkanes) is 33. The van der Waals surface area contributed by atoms with Gasteiger partial charge in [0.05, 0.1) is 52.6 Å². The second-order valence-electron chi connectivity index (χ2n) is 22.5. The van der Waals surface area contributed by atoms with Crippen LogP contribution in [0.5, 0.6) is 0 Å². The van der Waals surface area contributed by atoms with Gasteiger partial charge in [0.25, 0.3) is 0 Å². The number of likely N-dealkylation sites (N-methyl/N-ethyl adjacent to an activating group) is 2. The molecule has 0 aromatic carbocycles. The highest BCUT2D eigenvalue weighted by atomic mass is 16.5. The first-order chi connectivity index (χ1) is 37.7. The topological polar surface area (TPSA) is 118 Å². The number of hydrogen-bond donors (Lipinski definition) is 0. The molecule has 0 saturated heterocycles. The van der Waals surface area contributed by atoms with Crippen molar-refractivity contribution in [2.45, 2.75) is 291 Å². The van der Waals surface area contributed by atoms with Crippen LogP contribution >= 0.6 is 0 Å². The number of ether oxygens (including phenoxy) is 4. The Balaban J connectivity index is 4.98. The highest BCUT2D eigenvalue weighted by Gasteiger charge is 2.17. The summed E-state index contributed by atoms with van der Waals surface area (Å²) in [4.78, 5) is 60.0. The number of carbonyl (C=O) groups is 4. The summed E-state index contributed by atoms with van der Waals surface area (Å²) in [5.41, 5.74) is 0. The molecule has 77 heavy (non-hydrogen) atoms. The zero-order chi connectivity index (χ0) is 56.3. The van der Waals surface area contributed by atoms with Gasteiger partial charge in [-0.1, -0.05) is 247 Å². The van der Waals surface area contributed by atoms with Gasteiger partial charge in [-0.05, 0) is 32.4 Å². The predicted octanol–water partition coefficient (Wildman–Crippen LogP) is 15.7. The monoisotopic (exact) mass is 1090 g/mol. The van der Waals surface area contributed by atoms with Crippen molar-refractivity contribution in [2.24, 2.45) is 0 Å². The van der Waals surface area contributed by atoms with E-state index in [-0.39, 0.29) is 30.3 Å². The van der Waals surface area contributed by atoms with Crippen LogP contribution < -0.4 is 0 Å². The molecule has 0 atom stereocenters. The van der Waals surface area contributed by atoms with E-state index in [4.69, 9.17) is 18.9 Å². The third-order valence-electron chi connectivity index (χ3n) is 15.6. The van der Waals surface area contributed by atoms with Gasteiger partial charge in [-0.25, -0.2) is 0 Å². The molecule has 0 aliphatic heterocycles. The minimum Gasteiger partial charge on any atom is -0.469 e. The molecule has 0 bridgehead atoms. The van der Waals surface area contributed by atoms with Crippen molar-refractivity contribution in [1.82, 2.24) is 19.6 Å². The maximum Gasteiger partial charge on any atom is 0.307 e. The fourth-order valence-electron chi connectivity index (χ4n) is 10.1. The highest BCUT2D eigenvalue weighted by molar-refractivity contribution is 5.70. The lowest BCUT2D eigenvalue weighted by Crippen LogP contribution is -2.43. The van der Waals surface area contributed by atoms with Gasteiger partial charge in [0.1, 0.15) is 0 Å². The van der Waals surface area contributed by atoms with Crippen molar-refractivity contribution >= 4 is 23.9 Å². The first kappa shape index (κ1) is 74.7. The van der Waals surface area contributed by atoms with E-state index in [0.717, 1.165) is 90.9 Å². The van der Waals surface area contributed by atoms with Gasteiger partial charge in [0, 0.05) is 65.4 Å². The molecule has 0 heterocycles. The van der Waals surface area contributed by atoms with E-state index >= 15 is 0 Å². The van der Waals surface area contributed by atoms with E-state index in [0.29, 0.717) is 65.3 Å². The fraction of sp³-hybridized carbons (Fsp3) is 0.938. The molecule has 0 aliphatic carbocycles. The summed E-state index contributed by atoms with van der Waals surface area (Å²) >= 11 is 0. The van der Waals surface area contributed by atoms with Gasteiger partial charge in [-0.15, -0.1) is 0 Å². The lowest BCUT2D eigenvalue weighted by molar-refractivity contribution is -0.145. The number of methoxy groups -OCH3 is 1. The third-order valence-corrected chi connectivity index (χ3v) is 15.6. The van der Waals surface area contributed by atoms with Gasteiger partial charge < -0.3 is 38.5 Å². The van der Waals surface area contributed by atoms with E-state index < -0.39 is 0 Å². The summed E-state index contributed by atoms with van der Waals surface area (Å²) in [6, 6.07) is 0. The molecule has 0 saturated carbocycles. The summed E-state index contributed by atoms with van der Waals surface area (Å²) in [5.74, 6) is -0.741. The van der Waals surface area contributed by atoms with Crippen molar-refractivity contribution in [2.75, 3.05) is 105 Å². The van der Waals surface area contributed by atoms with Crippen molar-refractivity contribution < 1.29 is 38.1 Å². The Hall–Kier alpha value is -2.28. The van der Waals surface area contributed by atoms with Crippen LogP contribution in [-0.2, 0) is 38.1 Å². The van der Waals surface area contributed by atoms with Crippen LogP contribution in [0.25, 0.3) is 0 Å². The molecule has 0 rings (SSSR count). The van der Waals surface area contributed by atoms with Crippen LogP contribution in [0.3, 0.4) is 0 Å². The molecule has 0 spiro atoms. The molecule has 0 radical (unpaired) electrons. The molecule has 0 fully saturated rings. The maximum atomic E-state index is 12.9. The summed E-state index contributed by atoms with van der Waals surface area (Å²) in [6.45, 7) is 21.5. The molecule has 12 nitrogen and oxygen atoms in total. The van der Waals surface area contributed by atoms with Gasteiger partial charge in [-0.2, -0.15) is 0 Å². The quantitative estimate of drug-likeness (QED) is 0.0328. The summed E-state index contributed by atoms with van der Waals surface area (Å²) < 4.78 is 21.9. The zero-order valence-electron chi connectivity index (χ0n) is 51.9. The largest absolute Gasteiger partial charge is 0.469 e. The van der Waals surface area contributed by atoms with Crippen molar-refractivity contribution in [3.8, 4) is 0 Å². The number of hydrogen-bond acceptors (Lipinski definition) is 12. The van der Waals surface area contributed by atoms with Gasteiger partial charge >= 0.3 is 23.9 Å². The Kier molecular flexibility index (Phi) is 58.1. The Labute approximate surface area is 476 Å². The van der Waals surface area contributed by atoms with Gasteiger partial charge in [0.2, 0.25) is 0 Å². The van der Waals surface area contributed by atoms with Crippen molar-refractivity contribution in [3.63, 3.8) is 0 Å². The number of carbonyl (C=O) groups excluding carboxylic acids is 4. The number of esters is 4. The Bertz CT molecular complexity index is 1250. The molecule has 0 aromatic rings. The fourth-order valence-corrected chi connectivity index (χ4v) is 10.1. The van der Waals surface area contributed by atoms with Crippen molar-refractivity contribution in [3.05, 3.63) is 0 Å². The molecule has 0 aromatic heterocycles. The first-order valence-corrected chi connectivity index (χ1v) is 33.2. The molecular formula is C65H128N4O8. The average Bonchev–Trinajstić information content (AvgIpc) is 3.43. The first-order valence-electron chi connectivity index (χ1n) is 33.2. The summed E-state index contributed by atoms with van der Waals surface area (Å²) in [5, 5.41) is 0. The molecule has 12 heteroatoms. The van der Waals surface area contributed by atoms with Crippen LogP contribution in [0, 0.1) is 0 Å². The van der Waals surface area contributed by atoms with Crippen LogP contribution in [0.1, 0.15) is 291 Å². The molecule has 456 valence electrons. The summed E-state index contributed by atoms with van der Waals surface area (Å²) in [7, 11) is 1.42. The molecule has 0 N–H and O–H groups in total. The molecule has 0 amide bonds. The van der Waals surface area contributed by atoms with E-state index in [1.807, 2.05) is 0 Å². The maximum absolute atomic E-state index is 12.9. The van der Waals surface area contributed by atoms with E-state index in [2.05, 4.69) is 54.2 Å². The van der Waals surface area contributed by atoms with Crippen LogP contribution in [0.2, 0.25) is 0 Å². The summed E-state index contributed by atoms with van der Waals surface area (Å²) in [6.07, 6.45) is 47.0. The Morgan fingerprint density at radius 1 is 0.247 bits per heavy atom. The normalized spacial score (nSPS) is 11.7. The van der Waals surface area contributed by atoms with Crippen LogP contribution in [0.4, 0.5) is 0 Å². The highest BCUT2D eigenvalue weighted by Crippen LogP contribution is 2.15. The predicted molar refractivity (Wildman–Crippen MR) is 324 cm³/mol. The van der Waals surface area contributed by atoms with Crippen LogP contribution in [0.15, 0.2) is 0 Å². The second kappa shape index (κ2) is 59.8. The van der Waals surface area contributed by atoms with E-state index in [1.165, 1.54) is 200 Å². The van der Waals surface area contributed by atoms with Gasteiger partial charge in [-0.3, -0.25) is 19.2 Å². The van der Waals surface area contributed by atoms with Crippen molar-refractivity contribution in [1.29, 1.82) is 0 Å². The SMILES string of the molecule is CCCCCCCCCCCCCCOC(=O)CCN(CCC(=O)OC)CCN(CC)CCN(CC)CCN(CCC(=O)OCCCCCCCCCCCCCC)CCC(=O)OCCCCCCCCCCCCCC. The van der Waals surface area contributed by atoms with Crippen LogP contribution in [-0.4, -0.2) is 149 Å². The van der Waals surface area contributed by atoms with E-state index in [1.54, 1.807) is 0 Å². The molecular weight excluding hydrogens is 965 g/mol. The van der Waals surface area contributed by atoms with Gasteiger partial charge in [0.15, 0.2) is 0 Å². The molecule has 0 aliphatic rings.